The lowest BCUT2D eigenvalue weighted by Gasteiger charge is -2.12. The summed E-state index contributed by atoms with van der Waals surface area (Å²) in [6, 6.07) is 10.5. The Hall–Kier alpha value is -4.58. The highest BCUT2D eigenvalue weighted by Gasteiger charge is 2.19. The summed E-state index contributed by atoms with van der Waals surface area (Å²) in [4.78, 5) is 25.1. The maximum Gasteiger partial charge on any atom is 0.255 e. The maximum absolute atomic E-state index is 15.2. The summed E-state index contributed by atoms with van der Waals surface area (Å²) in [6.45, 7) is 3.67. The second-order valence-corrected chi connectivity index (χ2v) is 11.1. The molecule has 1 amide bonds. The number of carbonyl (C=O) groups excluding carboxylic acids is 1. The Kier molecular flexibility index (Phi) is 6.64. The van der Waals surface area contributed by atoms with E-state index in [4.69, 9.17) is 9.72 Å². The van der Waals surface area contributed by atoms with Gasteiger partial charge in [0.05, 0.1) is 28.8 Å². The van der Waals surface area contributed by atoms with Crippen molar-refractivity contribution in [3.63, 3.8) is 0 Å². The minimum atomic E-state index is -3.53. The Morgan fingerprint density at radius 2 is 1.92 bits per heavy atom. The molecule has 0 bridgehead atoms. The Morgan fingerprint density at radius 3 is 2.59 bits per heavy atom. The molecule has 3 aromatic heterocycles. The number of aryl methyl sites for hydroxylation is 2. The van der Waals surface area contributed by atoms with E-state index in [1.54, 1.807) is 24.4 Å². The third kappa shape index (κ3) is 4.98. The number of pyridine rings is 1. The molecule has 10 nitrogen and oxygen atoms in total. The molecule has 0 radical (unpaired) electrons. The SMILES string of the molecule is COc1ccc(S(C)(=O)=O)cc1C(=O)NCc1ccc(-c2ccnc3[nH]c(-c4c(C)n[nH]c4C)nc23)cc1F. The molecule has 0 unspecified atom stereocenters. The van der Waals surface area contributed by atoms with E-state index in [1.165, 1.54) is 31.4 Å². The van der Waals surface area contributed by atoms with E-state index >= 15 is 4.39 Å². The van der Waals surface area contributed by atoms with Crippen LogP contribution in [0.25, 0.3) is 33.7 Å². The number of nitrogens with one attached hydrogen (secondary N) is 3. The van der Waals surface area contributed by atoms with Crippen LogP contribution in [0.4, 0.5) is 4.39 Å². The number of ether oxygens (including phenoxy) is 1. The largest absolute Gasteiger partial charge is 0.496 e. The van der Waals surface area contributed by atoms with E-state index < -0.39 is 21.6 Å². The number of H-pyrrole nitrogens is 2. The minimum absolute atomic E-state index is 0.0211. The van der Waals surface area contributed by atoms with Gasteiger partial charge in [-0.1, -0.05) is 12.1 Å². The molecule has 3 heterocycles. The number of nitrogens with zero attached hydrogens (tertiary/aromatic N) is 3. The highest BCUT2D eigenvalue weighted by Crippen LogP contribution is 2.31. The molecule has 5 rings (SSSR count). The molecule has 0 aliphatic heterocycles. The number of carbonyl (C=O) groups is 1. The summed E-state index contributed by atoms with van der Waals surface area (Å²) in [6.07, 6.45) is 2.67. The van der Waals surface area contributed by atoms with Crippen molar-refractivity contribution in [2.24, 2.45) is 0 Å². The number of aromatic nitrogens is 5. The van der Waals surface area contributed by atoms with Crippen molar-refractivity contribution in [2.45, 2.75) is 25.3 Å². The first-order valence-electron chi connectivity index (χ1n) is 11.9. The van der Waals surface area contributed by atoms with Gasteiger partial charge in [0.1, 0.15) is 22.9 Å². The third-order valence-corrected chi connectivity index (χ3v) is 7.51. The van der Waals surface area contributed by atoms with E-state index in [1.807, 2.05) is 13.8 Å². The summed E-state index contributed by atoms with van der Waals surface area (Å²) in [5.41, 5.74) is 5.24. The molecule has 0 fully saturated rings. The number of hydrogen-bond donors (Lipinski definition) is 3. The predicted molar refractivity (Wildman–Crippen MR) is 144 cm³/mol. The number of imidazole rings is 1. The van der Waals surface area contributed by atoms with Crippen LogP contribution in [0, 0.1) is 19.7 Å². The first kappa shape index (κ1) is 26.0. The van der Waals surface area contributed by atoms with E-state index in [0.717, 1.165) is 23.2 Å². The zero-order chi connectivity index (χ0) is 27.9. The van der Waals surface area contributed by atoms with Crippen LogP contribution in [0.1, 0.15) is 27.3 Å². The lowest BCUT2D eigenvalue weighted by Crippen LogP contribution is -2.24. The first-order valence-corrected chi connectivity index (χ1v) is 13.8. The number of rotatable bonds is 7. The zero-order valence-electron chi connectivity index (χ0n) is 21.6. The van der Waals surface area contributed by atoms with Crippen LogP contribution in [0.5, 0.6) is 5.75 Å². The Labute approximate surface area is 223 Å². The number of hydrogen-bond acceptors (Lipinski definition) is 7. The van der Waals surface area contributed by atoms with Crippen LogP contribution in [-0.4, -0.2) is 52.8 Å². The van der Waals surface area contributed by atoms with Gasteiger partial charge in [0.15, 0.2) is 15.5 Å². The lowest BCUT2D eigenvalue weighted by molar-refractivity contribution is 0.0947. The summed E-state index contributed by atoms with van der Waals surface area (Å²) in [5, 5.41) is 9.80. The third-order valence-electron chi connectivity index (χ3n) is 6.40. The molecular weight excluding hydrogens is 523 g/mol. The van der Waals surface area contributed by atoms with E-state index in [0.29, 0.717) is 28.1 Å². The van der Waals surface area contributed by atoms with Gasteiger partial charge in [0.25, 0.3) is 5.91 Å². The van der Waals surface area contributed by atoms with Crippen LogP contribution in [0.15, 0.2) is 53.6 Å². The Bertz CT molecular complexity index is 1830. The first-order chi connectivity index (χ1) is 18.6. The van der Waals surface area contributed by atoms with Gasteiger partial charge in [0.2, 0.25) is 0 Å². The number of amides is 1. The minimum Gasteiger partial charge on any atom is -0.496 e. The van der Waals surface area contributed by atoms with Crippen molar-refractivity contribution in [2.75, 3.05) is 13.4 Å². The molecule has 39 heavy (non-hydrogen) atoms. The molecule has 0 aliphatic rings. The number of aromatic amines is 2. The molecule has 3 N–H and O–H groups in total. The molecule has 2 aromatic carbocycles. The molecule has 12 heteroatoms. The van der Waals surface area contributed by atoms with Gasteiger partial charge in [-0.25, -0.2) is 22.8 Å². The van der Waals surface area contributed by atoms with E-state index in [2.05, 4.69) is 25.5 Å². The fourth-order valence-corrected chi connectivity index (χ4v) is 5.03. The van der Waals surface area contributed by atoms with Crippen LogP contribution < -0.4 is 10.1 Å². The number of sulfone groups is 1. The summed E-state index contributed by atoms with van der Waals surface area (Å²) in [5.74, 6) is -0.294. The van der Waals surface area contributed by atoms with E-state index in [-0.39, 0.29) is 28.3 Å². The average Bonchev–Trinajstić information content (AvgIpc) is 3.48. The highest BCUT2D eigenvalue weighted by atomic mass is 32.2. The zero-order valence-corrected chi connectivity index (χ0v) is 22.4. The molecule has 0 spiro atoms. The topological polar surface area (TPSA) is 143 Å². The van der Waals surface area contributed by atoms with Crippen LogP contribution in [-0.2, 0) is 16.4 Å². The second-order valence-electron chi connectivity index (χ2n) is 9.07. The summed E-state index contributed by atoms with van der Waals surface area (Å²) in [7, 11) is -2.16. The Balaban J connectivity index is 1.40. The van der Waals surface area contributed by atoms with Crippen molar-refractivity contribution in [3.8, 4) is 28.3 Å². The number of fused-ring (bicyclic) bond motifs is 1. The normalized spacial score (nSPS) is 11.6. The van der Waals surface area contributed by atoms with E-state index in [9.17, 15) is 13.2 Å². The maximum atomic E-state index is 15.2. The van der Waals surface area contributed by atoms with Crippen molar-refractivity contribution in [1.29, 1.82) is 0 Å². The van der Waals surface area contributed by atoms with Gasteiger partial charge < -0.3 is 15.0 Å². The fraction of sp³-hybridized carbons (Fsp3) is 0.185. The van der Waals surface area contributed by atoms with Gasteiger partial charge in [0, 0.05) is 35.8 Å². The standard InChI is InChI=1S/C27H25FN6O4S/c1-14-23(15(2)34-33-14)25-31-24-19(9-10-29-26(24)32-25)16-5-6-17(21(28)11-16)13-30-27(35)20-12-18(39(4,36)37)7-8-22(20)38-3/h5-12H,13H2,1-4H3,(H,30,35)(H,33,34)(H,29,31,32). The molecule has 5 aromatic rings. The summed E-state index contributed by atoms with van der Waals surface area (Å²) < 4.78 is 44.2. The molecule has 0 aliphatic carbocycles. The molecule has 200 valence electrons. The lowest BCUT2D eigenvalue weighted by atomic mass is 10.0. The smallest absolute Gasteiger partial charge is 0.255 e. The van der Waals surface area contributed by atoms with Crippen molar-refractivity contribution in [1.82, 2.24) is 30.5 Å². The van der Waals surface area contributed by atoms with Crippen LogP contribution >= 0.6 is 0 Å². The molecule has 0 saturated carbocycles. The Morgan fingerprint density at radius 1 is 1.13 bits per heavy atom. The average molecular weight is 549 g/mol. The van der Waals surface area contributed by atoms with Gasteiger partial charge in [-0.2, -0.15) is 5.10 Å². The fourth-order valence-electron chi connectivity index (χ4n) is 4.39. The monoisotopic (exact) mass is 548 g/mol. The van der Waals surface area contributed by atoms with Crippen molar-refractivity contribution >= 4 is 26.9 Å². The second kappa shape index (κ2) is 9.95. The van der Waals surface area contributed by atoms with Gasteiger partial charge in [-0.05, 0) is 49.7 Å². The van der Waals surface area contributed by atoms with Crippen molar-refractivity contribution < 1.29 is 22.3 Å². The quantitative estimate of drug-likeness (QED) is 0.278. The highest BCUT2D eigenvalue weighted by molar-refractivity contribution is 7.90. The molecule has 0 atom stereocenters. The van der Waals surface area contributed by atoms with Crippen LogP contribution in [0.2, 0.25) is 0 Å². The summed E-state index contributed by atoms with van der Waals surface area (Å²) >= 11 is 0. The number of methoxy groups -OCH3 is 1. The number of benzene rings is 2. The molecular formula is C27H25FN6O4S. The number of halogens is 1. The molecule has 0 saturated heterocycles. The predicted octanol–water partition coefficient (Wildman–Crippen LogP) is 4.11. The van der Waals surface area contributed by atoms with Gasteiger partial charge >= 0.3 is 0 Å². The van der Waals surface area contributed by atoms with Gasteiger partial charge in [-0.15, -0.1) is 0 Å². The van der Waals surface area contributed by atoms with Crippen molar-refractivity contribution in [3.05, 3.63) is 77.0 Å². The van der Waals surface area contributed by atoms with Crippen LogP contribution in [0.3, 0.4) is 0 Å². The van der Waals surface area contributed by atoms with Gasteiger partial charge in [-0.3, -0.25) is 9.89 Å².